The van der Waals surface area contributed by atoms with Crippen molar-refractivity contribution in [2.24, 2.45) is 0 Å². The van der Waals surface area contributed by atoms with E-state index >= 15 is 0 Å². The maximum atomic E-state index is 12.8. The molecule has 0 aliphatic carbocycles. The van der Waals surface area contributed by atoms with Crippen LogP contribution in [0.4, 0.5) is 10.1 Å². The summed E-state index contributed by atoms with van der Waals surface area (Å²) < 4.78 is 13.3. The highest BCUT2D eigenvalue weighted by atomic mass is 79.9. The molecule has 0 aliphatic heterocycles. The zero-order chi connectivity index (χ0) is 9.84. The second-order valence-electron chi connectivity index (χ2n) is 3.08. The van der Waals surface area contributed by atoms with Gasteiger partial charge in [0.15, 0.2) is 0 Å². The molecule has 0 saturated heterocycles. The van der Waals surface area contributed by atoms with Crippen LogP contribution in [0.5, 0.6) is 0 Å². The van der Waals surface area contributed by atoms with E-state index in [1.165, 1.54) is 6.07 Å². The van der Waals surface area contributed by atoms with Crippen molar-refractivity contribution in [2.75, 3.05) is 5.32 Å². The number of hydrogen-bond donors (Lipinski definition) is 1. The van der Waals surface area contributed by atoms with Crippen LogP contribution in [0.1, 0.15) is 20.3 Å². The Kier molecular flexibility index (Phi) is 3.72. The van der Waals surface area contributed by atoms with Gasteiger partial charge in [-0.25, -0.2) is 4.39 Å². The summed E-state index contributed by atoms with van der Waals surface area (Å²) in [6.45, 7) is 4.20. The van der Waals surface area contributed by atoms with Crippen molar-refractivity contribution in [3.63, 3.8) is 0 Å². The van der Waals surface area contributed by atoms with Crippen molar-refractivity contribution in [2.45, 2.75) is 26.3 Å². The Hall–Kier alpha value is -0.570. The van der Waals surface area contributed by atoms with Crippen molar-refractivity contribution in [1.29, 1.82) is 0 Å². The second kappa shape index (κ2) is 4.61. The van der Waals surface area contributed by atoms with E-state index in [9.17, 15) is 4.39 Å². The Labute approximate surface area is 86.5 Å². The lowest BCUT2D eigenvalue weighted by Gasteiger charge is -2.12. The first-order valence-electron chi connectivity index (χ1n) is 4.35. The van der Waals surface area contributed by atoms with E-state index in [4.69, 9.17) is 0 Å². The van der Waals surface area contributed by atoms with Crippen LogP contribution in [-0.4, -0.2) is 6.04 Å². The molecule has 1 rings (SSSR count). The summed E-state index contributed by atoms with van der Waals surface area (Å²) in [5.74, 6) is -0.227. The molecule has 0 heterocycles. The predicted octanol–water partition coefficient (Wildman–Crippen LogP) is 3.80. The van der Waals surface area contributed by atoms with Crippen LogP contribution in [0.2, 0.25) is 0 Å². The average Bonchev–Trinajstić information content (AvgIpc) is 2.11. The molecule has 13 heavy (non-hydrogen) atoms. The van der Waals surface area contributed by atoms with E-state index in [1.54, 1.807) is 12.1 Å². The highest BCUT2D eigenvalue weighted by Gasteiger charge is 2.02. The molecule has 1 nitrogen and oxygen atoms in total. The fourth-order valence-electron chi connectivity index (χ4n) is 0.972. The molecule has 1 atom stereocenters. The van der Waals surface area contributed by atoms with Crippen LogP contribution in [0.25, 0.3) is 0 Å². The lowest BCUT2D eigenvalue weighted by molar-refractivity contribution is 0.621. The van der Waals surface area contributed by atoms with Crippen LogP contribution < -0.4 is 5.32 Å². The average molecular weight is 246 g/mol. The second-order valence-corrected chi connectivity index (χ2v) is 3.94. The molecule has 0 aromatic heterocycles. The minimum absolute atomic E-state index is 0.227. The van der Waals surface area contributed by atoms with E-state index < -0.39 is 0 Å². The van der Waals surface area contributed by atoms with Crippen LogP contribution in [-0.2, 0) is 0 Å². The molecule has 3 heteroatoms. The monoisotopic (exact) mass is 245 g/mol. The predicted molar refractivity (Wildman–Crippen MR) is 57.5 cm³/mol. The summed E-state index contributed by atoms with van der Waals surface area (Å²) >= 11 is 3.14. The third-order valence-electron chi connectivity index (χ3n) is 1.95. The molecular weight excluding hydrogens is 233 g/mol. The highest BCUT2D eigenvalue weighted by Crippen LogP contribution is 2.20. The van der Waals surface area contributed by atoms with Crippen molar-refractivity contribution in [3.8, 4) is 0 Å². The van der Waals surface area contributed by atoms with Gasteiger partial charge in [-0.1, -0.05) is 6.92 Å². The molecular formula is C10H13BrFN. The molecule has 0 spiro atoms. The van der Waals surface area contributed by atoms with Crippen molar-refractivity contribution in [3.05, 3.63) is 28.5 Å². The Balaban J connectivity index is 2.73. The SMILES string of the molecule is CC[C@@H](C)Nc1ccc(F)c(Br)c1. The first-order valence-corrected chi connectivity index (χ1v) is 5.14. The topological polar surface area (TPSA) is 12.0 Å². The smallest absolute Gasteiger partial charge is 0.137 e. The lowest BCUT2D eigenvalue weighted by atomic mass is 10.2. The Morgan fingerprint density at radius 3 is 2.77 bits per heavy atom. The minimum Gasteiger partial charge on any atom is -0.383 e. The quantitative estimate of drug-likeness (QED) is 0.855. The van der Waals surface area contributed by atoms with E-state index in [1.807, 2.05) is 0 Å². The molecule has 1 aromatic carbocycles. The summed E-state index contributed by atoms with van der Waals surface area (Å²) in [6.07, 6.45) is 1.05. The van der Waals surface area contributed by atoms with Crippen LogP contribution >= 0.6 is 15.9 Å². The van der Waals surface area contributed by atoms with Gasteiger partial charge in [-0.15, -0.1) is 0 Å². The molecule has 0 fully saturated rings. The molecule has 1 N–H and O–H groups in total. The van der Waals surface area contributed by atoms with Crippen LogP contribution in [0.3, 0.4) is 0 Å². The zero-order valence-electron chi connectivity index (χ0n) is 7.77. The molecule has 0 bridgehead atoms. The standard InChI is InChI=1S/C10H13BrFN/c1-3-7(2)13-8-4-5-10(12)9(11)6-8/h4-7,13H,3H2,1-2H3/t7-/m1/s1. The maximum absolute atomic E-state index is 12.8. The summed E-state index contributed by atoms with van der Waals surface area (Å²) in [7, 11) is 0. The first kappa shape index (κ1) is 10.5. The maximum Gasteiger partial charge on any atom is 0.137 e. The number of benzene rings is 1. The number of rotatable bonds is 3. The van der Waals surface area contributed by atoms with Gasteiger partial charge in [0, 0.05) is 11.7 Å². The molecule has 0 saturated carbocycles. The van der Waals surface area contributed by atoms with Crippen LogP contribution in [0, 0.1) is 5.82 Å². The zero-order valence-corrected chi connectivity index (χ0v) is 9.36. The highest BCUT2D eigenvalue weighted by molar-refractivity contribution is 9.10. The minimum atomic E-state index is -0.227. The van der Waals surface area contributed by atoms with Crippen molar-refractivity contribution < 1.29 is 4.39 Å². The summed E-state index contributed by atoms with van der Waals surface area (Å²) in [4.78, 5) is 0. The van der Waals surface area contributed by atoms with Crippen molar-refractivity contribution in [1.82, 2.24) is 0 Å². The third kappa shape index (κ3) is 2.99. The number of hydrogen-bond acceptors (Lipinski definition) is 1. The normalized spacial score (nSPS) is 12.6. The van der Waals surface area contributed by atoms with Gasteiger partial charge < -0.3 is 5.32 Å². The van der Waals surface area contributed by atoms with Gasteiger partial charge >= 0.3 is 0 Å². The van der Waals surface area contributed by atoms with E-state index in [2.05, 4.69) is 35.1 Å². The molecule has 72 valence electrons. The lowest BCUT2D eigenvalue weighted by Crippen LogP contribution is -2.13. The molecule has 0 radical (unpaired) electrons. The van der Waals surface area contributed by atoms with Gasteiger partial charge in [0.2, 0.25) is 0 Å². The molecule has 1 aromatic rings. The van der Waals surface area contributed by atoms with E-state index in [0.29, 0.717) is 10.5 Å². The van der Waals surface area contributed by atoms with Gasteiger partial charge in [0.1, 0.15) is 5.82 Å². The van der Waals surface area contributed by atoms with Gasteiger partial charge in [0.05, 0.1) is 4.47 Å². The third-order valence-corrected chi connectivity index (χ3v) is 2.55. The largest absolute Gasteiger partial charge is 0.383 e. The summed E-state index contributed by atoms with van der Waals surface area (Å²) in [5, 5.41) is 3.26. The Bertz CT molecular complexity index is 288. The summed E-state index contributed by atoms with van der Waals surface area (Å²) in [6, 6.07) is 5.36. The van der Waals surface area contributed by atoms with Crippen LogP contribution in [0.15, 0.2) is 22.7 Å². The summed E-state index contributed by atoms with van der Waals surface area (Å²) in [5.41, 5.74) is 0.947. The molecule has 0 aliphatic rings. The fraction of sp³-hybridized carbons (Fsp3) is 0.400. The number of anilines is 1. The van der Waals surface area contributed by atoms with Gasteiger partial charge in [-0.2, -0.15) is 0 Å². The van der Waals surface area contributed by atoms with Gasteiger partial charge in [0.25, 0.3) is 0 Å². The Morgan fingerprint density at radius 1 is 1.54 bits per heavy atom. The Morgan fingerprint density at radius 2 is 2.23 bits per heavy atom. The van der Waals surface area contributed by atoms with E-state index in [-0.39, 0.29) is 5.82 Å². The van der Waals surface area contributed by atoms with Gasteiger partial charge in [-0.05, 0) is 47.5 Å². The molecule has 0 unspecified atom stereocenters. The first-order chi connectivity index (χ1) is 6.13. The number of nitrogens with one attached hydrogen (secondary N) is 1. The number of halogens is 2. The van der Waals surface area contributed by atoms with E-state index in [0.717, 1.165) is 12.1 Å². The van der Waals surface area contributed by atoms with Gasteiger partial charge in [-0.3, -0.25) is 0 Å². The fourth-order valence-corrected chi connectivity index (χ4v) is 1.35. The molecule has 0 amide bonds. The van der Waals surface area contributed by atoms with Crippen molar-refractivity contribution >= 4 is 21.6 Å².